The van der Waals surface area contributed by atoms with Crippen molar-refractivity contribution in [2.45, 2.75) is 38.0 Å². The fourth-order valence-corrected chi connectivity index (χ4v) is 2.88. The van der Waals surface area contributed by atoms with Crippen LogP contribution in [-0.2, 0) is 20.9 Å². The highest BCUT2D eigenvalue weighted by atomic mass is 19.1. The Kier molecular flexibility index (Phi) is 4.47. The molecule has 0 bridgehead atoms. The van der Waals surface area contributed by atoms with Crippen molar-refractivity contribution in [1.29, 1.82) is 0 Å². The van der Waals surface area contributed by atoms with Gasteiger partial charge in [0.2, 0.25) is 11.8 Å². The minimum absolute atomic E-state index is 0.0605. The molecule has 0 radical (unpaired) electrons. The lowest BCUT2D eigenvalue weighted by molar-refractivity contribution is -0.128. The second-order valence-electron chi connectivity index (χ2n) is 5.87. The minimum atomic E-state index is -0.648. The maximum Gasteiger partial charge on any atom is 0.246 e. The van der Waals surface area contributed by atoms with Crippen LogP contribution < -0.4 is 10.5 Å². The van der Waals surface area contributed by atoms with E-state index in [0.717, 1.165) is 6.42 Å². The van der Waals surface area contributed by atoms with Crippen molar-refractivity contribution in [1.82, 2.24) is 4.90 Å². The maximum absolute atomic E-state index is 14.2. The number of likely N-dealkylation sites (tertiary alicyclic amines) is 1. The first-order valence-corrected chi connectivity index (χ1v) is 7.66. The molecule has 0 saturated carbocycles. The van der Waals surface area contributed by atoms with E-state index in [1.807, 2.05) is 0 Å². The zero-order chi connectivity index (χ0) is 16.4. The van der Waals surface area contributed by atoms with E-state index in [1.165, 1.54) is 6.07 Å². The number of nitrogens with zero attached hydrogens (tertiary/aromatic N) is 1. The van der Waals surface area contributed by atoms with E-state index in [9.17, 15) is 14.0 Å². The molecule has 0 spiro atoms. The predicted molar refractivity (Wildman–Crippen MR) is 79.0 cm³/mol. The Hall–Kier alpha value is -2.15. The van der Waals surface area contributed by atoms with Crippen LogP contribution in [0.3, 0.4) is 0 Å². The van der Waals surface area contributed by atoms with Crippen molar-refractivity contribution in [3.05, 3.63) is 29.6 Å². The Morgan fingerprint density at radius 2 is 2.30 bits per heavy atom. The summed E-state index contributed by atoms with van der Waals surface area (Å²) in [5.41, 5.74) is 5.64. The second-order valence-corrected chi connectivity index (χ2v) is 5.87. The monoisotopic (exact) mass is 322 g/mol. The predicted octanol–water partition coefficient (Wildman–Crippen LogP) is 0.970. The second kappa shape index (κ2) is 6.54. The van der Waals surface area contributed by atoms with Gasteiger partial charge in [-0.1, -0.05) is 6.07 Å². The number of amides is 2. The molecule has 2 heterocycles. The number of benzene rings is 1. The van der Waals surface area contributed by atoms with E-state index in [1.54, 1.807) is 17.0 Å². The molecule has 3 rings (SSSR count). The van der Waals surface area contributed by atoms with Gasteiger partial charge in [-0.2, -0.15) is 0 Å². The summed E-state index contributed by atoms with van der Waals surface area (Å²) in [7, 11) is 0. The molecule has 2 aliphatic rings. The lowest BCUT2D eigenvalue weighted by atomic mass is 10.1. The van der Waals surface area contributed by atoms with Gasteiger partial charge in [0.25, 0.3) is 0 Å². The number of ether oxygens (including phenoxy) is 2. The molecule has 1 aromatic rings. The summed E-state index contributed by atoms with van der Waals surface area (Å²) >= 11 is 0. The number of carbonyl (C=O) groups excluding carboxylic acids is 2. The Labute approximate surface area is 133 Å². The van der Waals surface area contributed by atoms with Crippen molar-refractivity contribution in [3.8, 4) is 5.75 Å². The van der Waals surface area contributed by atoms with Crippen molar-refractivity contribution in [2.24, 2.45) is 5.73 Å². The number of halogens is 1. The van der Waals surface area contributed by atoms with Crippen LogP contribution in [0, 0.1) is 5.82 Å². The number of carbonyl (C=O) groups is 2. The van der Waals surface area contributed by atoms with Crippen LogP contribution in [0.2, 0.25) is 0 Å². The van der Waals surface area contributed by atoms with E-state index in [2.05, 4.69) is 0 Å². The van der Waals surface area contributed by atoms with Crippen molar-refractivity contribution in [3.63, 3.8) is 0 Å². The van der Waals surface area contributed by atoms with E-state index in [-0.39, 0.29) is 25.2 Å². The summed E-state index contributed by atoms with van der Waals surface area (Å²) in [5.74, 6) is -0.497. The fourth-order valence-electron chi connectivity index (χ4n) is 2.88. The van der Waals surface area contributed by atoms with Crippen LogP contribution in [0.25, 0.3) is 0 Å². The molecule has 2 N–H and O–H groups in total. The summed E-state index contributed by atoms with van der Waals surface area (Å²) in [6.45, 7) is 1.20. The smallest absolute Gasteiger partial charge is 0.246 e. The summed E-state index contributed by atoms with van der Waals surface area (Å²) in [5, 5.41) is 0. The zero-order valence-corrected chi connectivity index (χ0v) is 12.7. The largest absolute Gasteiger partial charge is 0.488 e. The third kappa shape index (κ3) is 3.61. The van der Waals surface area contributed by atoms with Crippen LogP contribution in [0.4, 0.5) is 4.39 Å². The van der Waals surface area contributed by atoms with Gasteiger partial charge in [-0.15, -0.1) is 0 Å². The van der Waals surface area contributed by atoms with Crippen LogP contribution >= 0.6 is 0 Å². The molecule has 2 aliphatic heterocycles. The molecule has 1 aromatic carbocycles. The van der Waals surface area contributed by atoms with E-state index in [4.69, 9.17) is 15.2 Å². The molecule has 2 saturated heterocycles. The first kappa shape index (κ1) is 15.7. The van der Waals surface area contributed by atoms with Gasteiger partial charge in [-0.25, -0.2) is 4.39 Å². The SMILES string of the molecule is NC(=O)C1CC(Oc2ccc(CN3CCCC3=O)c(F)c2)CO1. The van der Waals surface area contributed by atoms with Crippen LogP contribution in [-0.4, -0.2) is 42.1 Å². The standard InChI is InChI=1S/C16H19FN2O4/c17-13-6-11(23-12-7-14(16(18)21)22-9-12)4-3-10(13)8-19-5-1-2-15(19)20/h3-4,6,12,14H,1-2,5,7-9H2,(H2,18,21). The number of nitrogens with two attached hydrogens (primary N) is 1. The van der Waals surface area contributed by atoms with Crippen molar-refractivity contribution < 1.29 is 23.5 Å². The first-order valence-electron chi connectivity index (χ1n) is 7.66. The molecule has 23 heavy (non-hydrogen) atoms. The lowest BCUT2D eigenvalue weighted by Gasteiger charge is -2.17. The Balaban J connectivity index is 1.61. The summed E-state index contributed by atoms with van der Waals surface area (Å²) in [4.78, 5) is 24.3. The highest BCUT2D eigenvalue weighted by molar-refractivity contribution is 5.79. The zero-order valence-electron chi connectivity index (χ0n) is 12.7. The van der Waals surface area contributed by atoms with Crippen LogP contribution in [0.5, 0.6) is 5.75 Å². The number of hydrogen-bond donors (Lipinski definition) is 1. The Morgan fingerprint density at radius 3 is 2.91 bits per heavy atom. The number of primary amides is 1. The summed E-state index contributed by atoms with van der Waals surface area (Å²) in [6.07, 6.45) is 0.750. The molecular formula is C16H19FN2O4. The van der Waals surface area contributed by atoms with Gasteiger partial charge in [0, 0.05) is 37.6 Å². The summed E-state index contributed by atoms with van der Waals surface area (Å²) < 4.78 is 25.0. The fraction of sp³-hybridized carbons (Fsp3) is 0.500. The molecule has 0 aliphatic carbocycles. The van der Waals surface area contributed by atoms with Gasteiger partial charge < -0.3 is 20.1 Å². The maximum atomic E-state index is 14.2. The van der Waals surface area contributed by atoms with Gasteiger partial charge in [0.15, 0.2) is 0 Å². The van der Waals surface area contributed by atoms with E-state index >= 15 is 0 Å². The lowest BCUT2D eigenvalue weighted by Crippen LogP contribution is -2.28. The first-order chi connectivity index (χ1) is 11.0. The summed E-state index contributed by atoms with van der Waals surface area (Å²) in [6, 6.07) is 4.58. The van der Waals surface area contributed by atoms with Gasteiger partial charge in [-0.05, 0) is 12.5 Å². The highest BCUT2D eigenvalue weighted by Gasteiger charge is 2.31. The van der Waals surface area contributed by atoms with E-state index in [0.29, 0.717) is 30.7 Å². The van der Waals surface area contributed by atoms with Gasteiger partial charge >= 0.3 is 0 Å². The van der Waals surface area contributed by atoms with Crippen molar-refractivity contribution >= 4 is 11.8 Å². The topological polar surface area (TPSA) is 81.9 Å². The molecular weight excluding hydrogens is 303 g/mol. The quantitative estimate of drug-likeness (QED) is 0.876. The molecule has 2 atom stereocenters. The van der Waals surface area contributed by atoms with Gasteiger partial charge in [-0.3, -0.25) is 9.59 Å². The third-order valence-corrected chi connectivity index (χ3v) is 4.14. The molecule has 2 unspecified atom stereocenters. The molecule has 124 valence electrons. The molecule has 2 fully saturated rings. The normalized spacial score (nSPS) is 24.2. The van der Waals surface area contributed by atoms with Gasteiger partial charge in [0.05, 0.1) is 6.61 Å². The average molecular weight is 322 g/mol. The third-order valence-electron chi connectivity index (χ3n) is 4.14. The van der Waals surface area contributed by atoms with Crippen molar-refractivity contribution in [2.75, 3.05) is 13.2 Å². The van der Waals surface area contributed by atoms with Crippen LogP contribution in [0.15, 0.2) is 18.2 Å². The Bertz CT molecular complexity index is 622. The molecule has 0 aromatic heterocycles. The van der Waals surface area contributed by atoms with E-state index < -0.39 is 17.8 Å². The average Bonchev–Trinajstić information content (AvgIpc) is 3.12. The number of rotatable bonds is 5. The Morgan fingerprint density at radius 1 is 1.48 bits per heavy atom. The highest BCUT2D eigenvalue weighted by Crippen LogP contribution is 2.24. The molecule has 7 heteroatoms. The molecule has 6 nitrogen and oxygen atoms in total. The van der Waals surface area contributed by atoms with Gasteiger partial charge in [0.1, 0.15) is 23.8 Å². The molecule has 2 amide bonds. The minimum Gasteiger partial charge on any atom is -0.488 e. The number of hydrogen-bond acceptors (Lipinski definition) is 4. The van der Waals surface area contributed by atoms with Crippen LogP contribution in [0.1, 0.15) is 24.8 Å².